The minimum absolute atomic E-state index is 0.00815. The number of hydrogen-bond donors (Lipinski definition) is 1. The Morgan fingerprint density at radius 2 is 1.53 bits per heavy atom. The van der Waals surface area contributed by atoms with Gasteiger partial charge in [0.2, 0.25) is 10.0 Å². The number of sulfonamides is 1. The van der Waals surface area contributed by atoms with Crippen LogP contribution in [0, 0.1) is 0 Å². The molecule has 2 N–H and O–H groups in total. The van der Waals surface area contributed by atoms with E-state index in [-0.39, 0.29) is 11.5 Å². The number of hydrogen-bond acceptors (Lipinski definition) is 5. The second-order valence-electron chi connectivity index (χ2n) is 7.28. The summed E-state index contributed by atoms with van der Waals surface area (Å²) in [4.78, 5) is 18.9. The molecule has 7 nitrogen and oxygen atoms in total. The molecule has 0 saturated carbocycles. The van der Waals surface area contributed by atoms with Gasteiger partial charge in [-0.15, -0.1) is 0 Å². The van der Waals surface area contributed by atoms with Crippen LogP contribution in [0.1, 0.15) is 23.6 Å². The molecular weight excluding hydrogens is 428 g/mol. The largest absolute Gasteiger partial charge is 0.443 e. The van der Waals surface area contributed by atoms with Crippen molar-refractivity contribution in [2.75, 3.05) is 0 Å². The molecule has 8 heteroatoms. The van der Waals surface area contributed by atoms with Crippen molar-refractivity contribution < 1.29 is 22.8 Å². The third-order valence-corrected chi connectivity index (χ3v) is 5.97. The van der Waals surface area contributed by atoms with Crippen LogP contribution in [0.15, 0.2) is 89.8 Å². The highest BCUT2D eigenvalue weighted by Crippen LogP contribution is 2.40. The van der Waals surface area contributed by atoms with Crippen molar-refractivity contribution in [3.63, 3.8) is 0 Å². The number of hydroxylamine groups is 2. The van der Waals surface area contributed by atoms with Crippen molar-refractivity contribution in [1.82, 2.24) is 5.06 Å². The summed E-state index contributed by atoms with van der Waals surface area (Å²) < 4.78 is 28.7. The zero-order valence-corrected chi connectivity index (χ0v) is 18.2. The Labute approximate surface area is 186 Å². The summed E-state index contributed by atoms with van der Waals surface area (Å²) in [5.41, 5.74) is 3.60. The van der Waals surface area contributed by atoms with Crippen LogP contribution in [0.25, 0.3) is 11.3 Å². The van der Waals surface area contributed by atoms with Crippen LogP contribution >= 0.6 is 0 Å². The number of rotatable bonds is 5. The minimum atomic E-state index is -3.81. The zero-order chi connectivity index (χ0) is 22.7. The Morgan fingerprint density at radius 1 is 0.938 bits per heavy atom. The highest BCUT2D eigenvalue weighted by Gasteiger charge is 2.37. The zero-order valence-electron chi connectivity index (χ0n) is 17.3. The average Bonchev–Trinajstić information content (AvgIpc) is 3.15. The van der Waals surface area contributed by atoms with E-state index in [9.17, 15) is 13.2 Å². The van der Waals surface area contributed by atoms with E-state index in [0.717, 1.165) is 21.8 Å². The first-order valence-electron chi connectivity index (χ1n) is 9.95. The number of benzene rings is 3. The van der Waals surface area contributed by atoms with Crippen LogP contribution in [0.4, 0.5) is 4.79 Å². The van der Waals surface area contributed by atoms with Gasteiger partial charge in [-0.2, -0.15) is 5.06 Å². The molecule has 3 aromatic carbocycles. The summed E-state index contributed by atoms with van der Waals surface area (Å²) in [5.74, 6) is 0. The van der Waals surface area contributed by atoms with Crippen LogP contribution in [0.2, 0.25) is 0 Å². The van der Waals surface area contributed by atoms with Crippen molar-refractivity contribution in [3.8, 4) is 0 Å². The molecule has 1 aliphatic rings. The van der Waals surface area contributed by atoms with Gasteiger partial charge in [-0.05, 0) is 30.2 Å². The van der Waals surface area contributed by atoms with E-state index in [0.29, 0.717) is 11.3 Å². The van der Waals surface area contributed by atoms with E-state index in [1.54, 1.807) is 12.1 Å². The van der Waals surface area contributed by atoms with Crippen LogP contribution in [-0.4, -0.2) is 25.7 Å². The molecule has 1 heterocycles. The number of carbonyl (C=O) groups excluding carboxylic acids is 1. The fourth-order valence-electron chi connectivity index (χ4n) is 3.54. The summed E-state index contributed by atoms with van der Waals surface area (Å²) in [6.45, 7) is 1.92. The van der Waals surface area contributed by atoms with Gasteiger partial charge in [0.05, 0.1) is 10.6 Å². The fourth-order valence-corrected chi connectivity index (χ4v) is 4.06. The molecule has 1 aliphatic heterocycles. The lowest BCUT2D eigenvalue weighted by atomic mass is 9.96. The lowest BCUT2D eigenvalue weighted by Crippen LogP contribution is -2.28. The fraction of sp³-hybridized carbons (Fsp3) is 0.125. The van der Waals surface area contributed by atoms with Gasteiger partial charge in [0.1, 0.15) is 12.7 Å². The van der Waals surface area contributed by atoms with Crippen molar-refractivity contribution in [3.05, 3.63) is 102 Å². The molecular formula is C24H22N2O5S. The highest BCUT2D eigenvalue weighted by atomic mass is 32.2. The smallest absolute Gasteiger partial charge is 0.439 e. The third kappa shape index (κ3) is 4.57. The predicted molar refractivity (Wildman–Crippen MR) is 120 cm³/mol. The first kappa shape index (κ1) is 21.8. The second-order valence-corrected chi connectivity index (χ2v) is 8.84. The van der Waals surface area contributed by atoms with Crippen molar-refractivity contribution in [1.29, 1.82) is 0 Å². The maximum atomic E-state index is 13.0. The van der Waals surface area contributed by atoms with Crippen LogP contribution < -0.4 is 5.14 Å². The first-order chi connectivity index (χ1) is 15.3. The quantitative estimate of drug-likeness (QED) is 0.629. The highest BCUT2D eigenvalue weighted by molar-refractivity contribution is 7.89. The Morgan fingerprint density at radius 3 is 2.12 bits per heavy atom. The average molecular weight is 451 g/mol. The number of amides is 1. The van der Waals surface area contributed by atoms with Crippen molar-refractivity contribution >= 4 is 27.4 Å². The molecule has 1 amide bonds. The van der Waals surface area contributed by atoms with E-state index in [1.807, 2.05) is 67.6 Å². The molecule has 1 unspecified atom stereocenters. The molecule has 32 heavy (non-hydrogen) atoms. The minimum Gasteiger partial charge on any atom is -0.443 e. The van der Waals surface area contributed by atoms with E-state index in [1.165, 1.54) is 12.1 Å². The molecule has 0 spiro atoms. The molecule has 0 bridgehead atoms. The Balaban J connectivity index is 1.71. The summed E-state index contributed by atoms with van der Waals surface area (Å²) in [5, 5.41) is 6.37. The van der Waals surface area contributed by atoms with Gasteiger partial charge in [0.15, 0.2) is 0 Å². The summed E-state index contributed by atoms with van der Waals surface area (Å²) in [6, 6.07) is 24.9. The predicted octanol–water partition coefficient (Wildman–Crippen LogP) is 4.17. The SMILES string of the molecule is CC1ON(C(=O)OCc2ccccc2)C(c2ccccc2)=C1c1ccc(S(N)(=O)=O)cc1. The molecule has 0 radical (unpaired) electrons. The standard InChI is InChI=1S/C24H22N2O5S/c1-17-22(19-12-14-21(15-13-19)32(25,28)29)23(20-10-6-3-7-11-20)26(31-17)24(27)30-16-18-8-4-2-5-9-18/h2-15,17H,16H2,1H3,(H2,25,28,29). The molecule has 0 aliphatic carbocycles. The van der Waals surface area contributed by atoms with Gasteiger partial charge in [-0.25, -0.2) is 18.4 Å². The maximum absolute atomic E-state index is 13.0. The lowest BCUT2D eigenvalue weighted by molar-refractivity contribution is -0.0981. The molecule has 3 aromatic rings. The van der Waals surface area contributed by atoms with Gasteiger partial charge >= 0.3 is 6.09 Å². The van der Waals surface area contributed by atoms with Gasteiger partial charge in [0, 0.05) is 11.1 Å². The molecule has 0 saturated heterocycles. The monoisotopic (exact) mass is 450 g/mol. The number of carbonyl (C=O) groups is 1. The third-order valence-electron chi connectivity index (χ3n) is 5.04. The van der Waals surface area contributed by atoms with Gasteiger partial charge < -0.3 is 4.74 Å². The topological polar surface area (TPSA) is 98.9 Å². The molecule has 164 valence electrons. The maximum Gasteiger partial charge on any atom is 0.439 e. The van der Waals surface area contributed by atoms with Gasteiger partial charge in [-0.1, -0.05) is 72.8 Å². The lowest BCUT2D eigenvalue weighted by Gasteiger charge is -2.19. The molecule has 0 fully saturated rings. The van der Waals surface area contributed by atoms with E-state index >= 15 is 0 Å². The van der Waals surface area contributed by atoms with E-state index < -0.39 is 22.2 Å². The Kier molecular flexibility index (Phi) is 6.09. The normalized spacial score (nSPS) is 16.3. The molecule has 0 aromatic heterocycles. The van der Waals surface area contributed by atoms with E-state index in [2.05, 4.69) is 0 Å². The summed E-state index contributed by atoms with van der Waals surface area (Å²) >= 11 is 0. The van der Waals surface area contributed by atoms with Crippen LogP contribution in [0.3, 0.4) is 0 Å². The number of nitrogens with two attached hydrogens (primary N) is 1. The Bertz CT molecular complexity index is 1240. The molecule has 1 atom stereocenters. The summed E-state index contributed by atoms with van der Waals surface area (Å²) in [7, 11) is -3.81. The number of ether oxygens (including phenoxy) is 1. The molecule has 4 rings (SSSR count). The van der Waals surface area contributed by atoms with E-state index in [4.69, 9.17) is 14.7 Å². The second kappa shape index (κ2) is 8.96. The van der Waals surface area contributed by atoms with Crippen LogP contribution in [0.5, 0.6) is 0 Å². The number of nitrogens with zero attached hydrogens (tertiary/aromatic N) is 1. The van der Waals surface area contributed by atoms with Gasteiger partial charge in [-0.3, -0.25) is 4.84 Å². The van der Waals surface area contributed by atoms with Crippen molar-refractivity contribution in [2.45, 2.75) is 24.5 Å². The first-order valence-corrected chi connectivity index (χ1v) is 11.5. The Hall–Kier alpha value is -3.46. The summed E-state index contributed by atoms with van der Waals surface area (Å²) in [6.07, 6.45) is -1.12. The van der Waals surface area contributed by atoms with Crippen molar-refractivity contribution in [2.24, 2.45) is 5.14 Å². The van der Waals surface area contributed by atoms with Crippen LogP contribution in [-0.2, 0) is 26.2 Å². The van der Waals surface area contributed by atoms with Gasteiger partial charge in [0.25, 0.3) is 0 Å². The number of primary sulfonamides is 1.